The van der Waals surface area contributed by atoms with Crippen LogP contribution in [0.2, 0.25) is 0 Å². The van der Waals surface area contributed by atoms with Crippen LogP contribution in [0.1, 0.15) is 43.1 Å². The second kappa shape index (κ2) is 8.06. The molecule has 0 aromatic heterocycles. The Morgan fingerprint density at radius 2 is 2.00 bits per heavy atom. The van der Waals surface area contributed by atoms with Crippen LogP contribution in [0.15, 0.2) is 23.8 Å². The van der Waals surface area contributed by atoms with E-state index in [0.717, 1.165) is 13.2 Å². The van der Waals surface area contributed by atoms with Crippen LogP contribution >= 0.6 is 0 Å². The zero-order valence-electron chi connectivity index (χ0n) is 14.4. The Morgan fingerprint density at radius 1 is 1.36 bits per heavy atom. The van der Waals surface area contributed by atoms with Gasteiger partial charge in [0.05, 0.1) is 41.2 Å². The van der Waals surface area contributed by atoms with E-state index in [1.54, 1.807) is 20.8 Å². The molecule has 1 aromatic rings. The van der Waals surface area contributed by atoms with Gasteiger partial charge in [-0.3, -0.25) is 10.1 Å². The van der Waals surface area contributed by atoms with Gasteiger partial charge in [-0.25, -0.2) is 9.59 Å². The minimum absolute atomic E-state index is 0.00505. The van der Waals surface area contributed by atoms with Gasteiger partial charge in [-0.2, -0.15) is 5.26 Å². The molecule has 1 rings (SSSR count). The summed E-state index contributed by atoms with van der Waals surface area (Å²) in [6.07, 6.45) is 0.946. The van der Waals surface area contributed by atoms with Gasteiger partial charge in [0.15, 0.2) is 0 Å². The van der Waals surface area contributed by atoms with Crippen LogP contribution in [0.3, 0.4) is 0 Å². The van der Waals surface area contributed by atoms with Crippen molar-refractivity contribution in [2.24, 2.45) is 0 Å². The van der Waals surface area contributed by atoms with Gasteiger partial charge in [-0.1, -0.05) is 0 Å². The molecule has 8 nitrogen and oxygen atoms in total. The monoisotopic (exact) mass is 346 g/mol. The summed E-state index contributed by atoms with van der Waals surface area (Å²) in [7, 11) is 1.16. The number of carbonyl (C=O) groups is 2. The number of carbonyl (C=O) groups excluding carboxylic acids is 2. The molecule has 0 N–H and O–H groups in total. The Balaban J connectivity index is 3.37. The van der Waals surface area contributed by atoms with E-state index in [-0.39, 0.29) is 28.8 Å². The molecule has 0 spiro atoms. The van der Waals surface area contributed by atoms with Crippen molar-refractivity contribution >= 4 is 23.7 Å². The normalized spacial score (nSPS) is 11.4. The van der Waals surface area contributed by atoms with Crippen molar-refractivity contribution in [3.05, 3.63) is 45.0 Å². The Labute approximate surface area is 144 Å². The van der Waals surface area contributed by atoms with Gasteiger partial charge < -0.3 is 9.47 Å². The highest BCUT2D eigenvalue weighted by atomic mass is 16.6. The maximum atomic E-state index is 12.2. The number of benzene rings is 1. The molecule has 0 aliphatic heterocycles. The first kappa shape index (κ1) is 19.8. The van der Waals surface area contributed by atoms with Gasteiger partial charge in [0.2, 0.25) is 0 Å². The molecule has 1 aromatic carbocycles. The van der Waals surface area contributed by atoms with Crippen LogP contribution in [0, 0.1) is 21.4 Å². The Bertz CT molecular complexity index is 768. The zero-order chi connectivity index (χ0) is 19.2. The summed E-state index contributed by atoms with van der Waals surface area (Å²) >= 11 is 0. The van der Waals surface area contributed by atoms with E-state index in [9.17, 15) is 19.7 Å². The fourth-order valence-electron chi connectivity index (χ4n) is 1.87. The van der Waals surface area contributed by atoms with Crippen LogP contribution in [0.25, 0.3) is 6.08 Å². The van der Waals surface area contributed by atoms with Gasteiger partial charge in [0.1, 0.15) is 5.60 Å². The van der Waals surface area contributed by atoms with Crippen molar-refractivity contribution < 1.29 is 24.0 Å². The number of rotatable bonds is 5. The number of methoxy groups -OCH3 is 1. The molecule has 0 amide bonds. The highest BCUT2D eigenvalue weighted by Gasteiger charge is 2.22. The summed E-state index contributed by atoms with van der Waals surface area (Å²) in [6, 6.07) is 5.53. The molecule has 132 valence electrons. The van der Waals surface area contributed by atoms with E-state index in [2.05, 4.69) is 4.74 Å². The smallest absolute Gasteiger partial charge is 0.338 e. The molecule has 0 fully saturated rings. The van der Waals surface area contributed by atoms with E-state index in [0.29, 0.717) is 0 Å². The van der Waals surface area contributed by atoms with E-state index in [1.165, 1.54) is 18.2 Å². The average molecular weight is 346 g/mol. The second-order valence-electron chi connectivity index (χ2n) is 6.03. The summed E-state index contributed by atoms with van der Waals surface area (Å²) in [5, 5.41) is 20.2. The van der Waals surface area contributed by atoms with Gasteiger partial charge in [0.25, 0.3) is 5.69 Å². The molecule has 0 unspecified atom stereocenters. The van der Waals surface area contributed by atoms with Gasteiger partial charge in [-0.05, 0) is 39.0 Å². The van der Waals surface area contributed by atoms with Crippen LogP contribution in [-0.2, 0) is 14.3 Å². The minimum atomic E-state index is -0.772. The summed E-state index contributed by atoms with van der Waals surface area (Å²) < 4.78 is 9.73. The SMILES string of the molecule is COC(=O)c1ccc(C=C(CC#N)C(=O)OC(C)(C)C)c([N+](=O)[O-])c1. The number of nitrogens with zero attached hydrogens (tertiary/aromatic N) is 2. The fraction of sp³-hybridized carbons (Fsp3) is 0.353. The summed E-state index contributed by atoms with van der Waals surface area (Å²) in [4.78, 5) is 34.3. The number of nitriles is 1. The number of hydrogen-bond acceptors (Lipinski definition) is 7. The van der Waals surface area contributed by atoms with Gasteiger partial charge >= 0.3 is 11.9 Å². The second-order valence-corrected chi connectivity index (χ2v) is 6.03. The summed E-state index contributed by atoms with van der Waals surface area (Å²) in [6.45, 7) is 5.01. The molecule has 0 saturated heterocycles. The first-order valence-corrected chi connectivity index (χ1v) is 7.26. The van der Waals surface area contributed by atoms with Crippen molar-refractivity contribution in [3.63, 3.8) is 0 Å². The lowest BCUT2D eigenvalue weighted by atomic mass is 10.0. The standard InChI is InChI=1S/C17H18N2O6/c1-17(2,3)25-16(21)13(7-8-18)9-11-5-6-12(15(20)24-4)10-14(11)19(22)23/h5-6,9-10H,7H2,1-4H3. The Hall–Kier alpha value is -3.21. The number of nitro benzene ring substituents is 1. The predicted octanol–water partition coefficient (Wildman–Crippen LogP) is 3.02. The molecule has 0 radical (unpaired) electrons. The molecule has 8 heteroatoms. The quantitative estimate of drug-likeness (QED) is 0.348. The van der Waals surface area contributed by atoms with Crippen molar-refractivity contribution in [3.8, 4) is 6.07 Å². The van der Waals surface area contributed by atoms with Crippen LogP contribution in [0.4, 0.5) is 5.69 Å². The summed E-state index contributed by atoms with van der Waals surface area (Å²) in [5.74, 6) is -1.46. The molecule has 0 saturated carbocycles. The molecule has 0 aliphatic carbocycles. The van der Waals surface area contributed by atoms with E-state index < -0.39 is 22.5 Å². The fourth-order valence-corrected chi connectivity index (χ4v) is 1.87. The lowest BCUT2D eigenvalue weighted by molar-refractivity contribution is -0.385. The third-order valence-electron chi connectivity index (χ3n) is 2.91. The van der Waals surface area contributed by atoms with Crippen molar-refractivity contribution in [1.82, 2.24) is 0 Å². The van der Waals surface area contributed by atoms with Crippen LogP contribution < -0.4 is 0 Å². The largest absolute Gasteiger partial charge is 0.465 e. The molecular weight excluding hydrogens is 328 g/mol. The van der Waals surface area contributed by atoms with Gasteiger partial charge in [-0.15, -0.1) is 0 Å². The number of hydrogen-bond donors (Lipinski definition) is 0. The highest BCUT2D eigenvalue weighted by molar-refractivity contribution is 5.96. The lowest BCUT2D eigenvalue weighted by Crippen LogP contribution is -2.24. The number of esters is 2. The maximum absolute atomic E-state index is 12.2. The van der Waals surface area contributed by atoms with E-state index in [1.807, 2.05) is 6.07 Å². The first-order chi connectivity index (χ1) is 11.6. The van der Waals surface area contributed by atoms with Gasteiger partial charge in [0, 0.05) is 6.07 Å². The zero-order valence-corrected chi connectivity index (χ0v) is 14.4. The molecule has 0 atom stereocenters. The topological polar surface area (TPSA) is 120 Å². The van der Waals surface area contributed by atoms with Crippen LogP contribution in [-0.4, -0.2) is 29.6 Å². The molecule has 0 heterocycles. The van der Waals surface area contributed by atoms with Crippen molar-refractivity contribution in [2.45, 2.75) is 32.8 Å². The maximum Gasteiger partial charge on any atom is 0.338 e. The summed E-state index contributed by atoms with van der Waals surface area (Å²) in [5.41, 5.74) is -1.10. The minimum Gasteiger partial charge on any atom is -0.465 e. The third-order valence-corrected chi connectivity index (χ3v) is 2.91. The Kier molecular flexibility index (Phi) is 6.39. The molecular formula is C17H18N2O6. The number of nitro groups is 1. The first-order valence-electron chi connectivity index (χ1n) is 7.26. The van der Waals surface area contributed by atoms with Crippen molar-refractivity contribution in [1.29, 1.82) is 5.26 Å². The van der Waals surface area contributed by atoms with Crippen molar-refractivity contribution in [2.75, 3.05) is 7.11 Å². The average Bonchev–Trinajstić information content (AvgIpc) is 2.52. The van der Waals surface area contributed by atoms with E-state index >= 15 is 0 Å². The molecule has 25 heavy (non-hydrogen) atoms. The molecule has 0 bridgehead atoms. The third kappa shape index (κ3) is 5.73. The lowest BCUT2D eigenvalue weighted by Gasteiger charge is -2.20. The predicted molar refractivity (Wildman–Crippen MR) is 88.5 cm³/mol. The number of ether oxygens (including phenoxy) is 2. The highest BCUT2D eigenvalue weighted by Crippen LogP contribution is 2.25. The molecule has 0 aliphatic rings. The van der Waals surface area contributed by atoms with E-state index in [4.69, 9.17) is 10.00 Å². The van der Waals surface area contributed by atoms with Crippen LogP contribution in [0.5, 0.6) is 0 Å². The Morgan fingerprint density at radius 3 is 2.48 bits per heavy atom.